The van der Waals surface area contributed by atoms with Crippen LogP contribution >= 0.6 is 11.6 Å². The van der Waals surface area contributed by atoms with Crippen molar-refractivity contribution in [2.75, 3.05) is 29.8 Å². The van der Waals surface area contributed by atoms with Crippen LogP contribution in [0.2, 0.25) is 5.02 Å². The molecule has 2 amide bonds. The largest absolute Gasteiger partial charge is 0.486 e. The second kappa shape index (κ2) is 13.6. The van der Waals surface area contributed by atoms with E-state index in [-0.39, 0.29) is 24.2 Å². The van der Waals surface area contributed by atoms with E-state index in [1.54, 1.807) is 42.5 Å². The molecule has 4 rings (SSSR count). The molecule has 2 aliphatic rings. The van der Waals surface area contributed by atoms with Crippen molar-refractivity contribution in [3.8, 4) is 11.5 Å². The molecule has 0 unspecified atom stereocenters. The maximum absolute atomic E-state index is 14.0. The van der Waals surface area contributed by atoms with E-state index in [0.29, 0.717) is 41.8 Å². The third-order valence-electron chi connectivity index (χ3n) is 7.40. The number of halogens is 1. The van der Waals surface area contributed by atoms with Crippen LogP contribution in [0, 0.1) is 0 Å². The Morgan fingerprint density at radius 1 is 1.00 bits per heavy atom. The second-order valence-corrected chi connectivity index (χ2v) is 12.8. The zero-order chi connectivity index (χ0) is 28.7. The van der Waals surface area contributed by atoms with Crippen molar-refractivity contribution in [1.29, 1.82) is 0 Å². The van der Waals surface area contributed by atoms with Crippen LogP contribution in [0.15, 0.2) is 42.5 Å². The standard InChI is InChI=1S/C29H38ClN3O6S/c1-3-25(29(35)31-23-8-6-5-7-9-23)32(19-21-10-12-22(30)13-11-21)28(34)20-33(40(36,37)4-2)24-14-15-26-27(18-24)39-17-16-38-26/h10-15,18,23,25H,3-9,16-17,19-20H2,1-2H3,(H,31,35)/t25-/m1/s1. The third-order valence-corrected chi connectivity index (χ3v) is 9.39. The summed E-state index contributed by atoms with van der Waals surface area (Å²) in [4.78, 5) is 29.0. The first-order valence-corrected chi connectivity index (χ1v) is 15.9. The summed E-state index contributed by atoms with van der Waals surface area (Å²) in [7, 11) is -3.85. The normalized spacial score (nSPS) is 16.2. The average Bonchev–Trinajstić information content (AvgIpc) is 2.97. The molecule has 1 saturated carbocycles. The molecule has 0 radical (unpaired) electrons. The van der Waals surface area contributed by atoms with Crippen LogP contribution in [0.4, 0.5) is 5.69 Å². The van der Waals surface area contributed by atoms with E-state index < -0.39 is 28.5 Å². The van der Waals surface area contributed by atoms with Gasteiger partial charge in [0.25, 0.3) is 0 Å². The minimum atomic E-state index is -3.85. The lowest BCUT2D eigenvalue weighted by Crippen LogP contribution is -2.54. The van der Waals surface area contributed by atoms with Crippen molar-refractivity contribution in [2.45, 2.75) is 71.0 Å². The van der Waals surface area contributed by atoms with Gasteiger partial charge < -0.3 is 19.7 Å². The summed E-state index contributed by atoms with van der Waals surface area (Å²) in [6.07, 6.45) is 5.50. The number of benzene rings is 2. The van der Waals surface area contributed by atoms with Gasteiger partial charge in [0, 0.05) is 23.7 Å². The summed E-state index contributed by atoms with van der Waals surface area (Å²) in [5.74, 6) is 0.0351. The van der Waals surface area contributed by atoms with Gasteiger partial charge in [0.1, 0.15) is 25.8 Å². The van der Waals surface area contributed by atoms with E-state index in [2.05, 4.69) is 5.32 Å². The van der Waals surface area contributed by atoms with E-state index in [1.165, 1.54) is 11.8 Å². The molecule has 218 valence electrons. The highest BCUT2D eigenvalue weighted by Gasteiger charge is 2.33. The zero-order valence-corrected chi connectivity index (χ0v) is 24.7. The fourth-order valence-electron chi connectivity index (χ4n) is 5.16. The van der Waals surface area contributed by atoms with Gasteiger partial charge in [-0.3, -0.25) is 13.9 Å². The van der Waals surface area contributed by atoms with Gasteiger partial charge in [0.05, 0.1) is 11.4 Å². The Labute approximate surface area is 241 Å². The number of ether oxygens (including phenoxy) is 2. The first-order chi connectivity index (χ1) is 19.2. The van der Waals surface area contributed by atoms with Crippen LogP contribution in [-0.2, 0) is 26.2 Å². The lowest BCUT2D eigenvalue weighted by molar-refractivity contribution is -0.140. The molecular weight excluding hydrogens is 554 g/mol. The molecule has 2 aromatic carbocycles. The molecule has 0 aromatic heterocycles. The molecule has 0 saturated heterocycles. The van der Waals surface area contributed by atoms with Crippen molar-refractivity contribution in [3.05, 3.63) is 53.1 Å². The van der Waals surface area contributed by atoms with Crippen LogP contribution in [0.3, 0.4) is 0 Å². The first-order valence-electron chi connectivity index (χ1n) is 14.0. The highest BCUT2D eigenvalue weighted by Crippen LogP contribution is 2.35. The smallest absolute Gasteiger partial charge is 0.244 e. The zero-order valence-electron chi connectivity index (χ0n) is 23.1. The van der Waals surface area contributed by atoms with Gasteiger partial charge in [-0.2, -0.15) is 0 Å². The average molecular weight is 592 g/mol. The fraction of sp³-hybridized carbons (Fsp3) is 0.517. The van der Waals surface area contributed by atoms with E-state index in [1.807, 2.05) is 6.92 Å². The van der Waals surface area contributed by atoms with Gasteiger partial charge in [-0.1, -0.05) is 49.9 Å². The van der Waals surface area contributed by atoms with Gasteiger partial charge >= 0.3 is 0 Å². The van der Waals surface area contributed by atoms with E-state index in [0.717, 1.165) is 42.0 Å². The Morgan fingerprint density at radius 3 is 2.33 bits per heavy atom. The molecular formula is C29H38ClN3O6S. The third kappa shape index (κ3) is 7.40. The molecule has 1 heterocycles. The molecule has 1 N–H and O–H groups in total. The Morgan fingerprint density at radius 2 is 1.68 bits per heavy atom. The number of anilines is 1. The molecule has 1 fully saturated rings. The molecule has 1 aliphatic carbocycles. The van der Waals surface area contributed by atoms with Crippen LogP contribution in [0.25, 0.3) is 0 Å². The monoisotopic (exact) mass is 591 g/mol. The molecule has 11 heteroatoms. The number of nitrogens with zero attached hydrogens (tertiary/aromatic N) is 2. The molecule has 9 nitrogen and oxygen atoms in total. The Hall–Kier alpha value is -2.98. The predicted octanol–water partition coefficient (Wildman–Crippen LogP) is 4.52. The molecule has 0 bridgehead atoms. The summed E-state index contributed by atoms with van der Waals surface area (Å²) >= 11 is 6.08. The summed E-state index contributed by atoms with van der Waals surface area (Å²) < 4.78 is 38.8. The van der Waals surface area contributed by atoms with Crippen LogP contribution in [-0.4, -0.2) is 62.7 Å². The van der Waals surface area contributed by atoms with Gasteiger partial charge in [0.15, 0.2) is 11.5 Å². The number of carbonyl (C=O) groups is 2. The van der Waals surface area contributed by atoms with Crippen molar-refractivity contribution in [2.24, 2.45) is 0 Å². The quantitative estimate of drug-likeness (QED) is 0.412. The minimum absolute atomic E-state index is 0.0810. The van der Waals surface area contributed by atoms with Crippen molar-refractivity contribution >= 4 is 39.1 Å². The second-order valence-electron chi connectivity index (χ2n) is 10.2. The first kappa shape index (κ1) is 30.0. The number of sulfonamides is 1. The van der Waals surface area contributed by atoms with Gasteiger partial charge in [-0.05, 0) is 56.0 Å². The molecule has 1 aliphatic heterocycles. The number of hydrogen-bond acceptors (Lipinski definition) is 6. The molecule has 1 atom stereocenters. The number of hydrogen-bond donors (Lipinski definition) is 1. The molecule has 40 heavy (non-hydrogen) atoms. The van der Waals surface area contributed by atoms with Gasteiger partial charge in [-0.25, -0.2) is 8.42 Å². The number of amides is 2. The van der Waals surface area contributed by atoms with Gasteiger partial charge in [-0.15, -0.1) is 0 Å². The summed E-state index contributed by atoms with van der Waals surface area (Å²) in [5, 5.41) is 3.70. The SMILES string of the molecule is CC[C@H](C(=O)NC1CCCCC1)N(Cc1ccc(Cl)cc1)C(=O)CN(c1ccc2c(c1)OCCO2)S(=O)(=O)CC. The topological polar surface area (TPSA) is 105 Å². The molecule has 2 aromatic rings. The maximum atomic E-state index is 14.0. The number of nitrogens with one attached hydrogen (secondary N) is 1. The van der Waals surface area contributed by atoms with Crippen LogP contribution in [0.1, 0.15) is 57.9 Å². The van der Waals surface area contributed by atoms with Crippen molar-refractivity contribution in [1.82, 2.24) is 10.2 Å². The Balaban J connectivity index is 1.64. The summed E-state index contributed by atoms with van der Waals surface area (Å²) in [5.41, 5.74) is 1.08. The minimum Gasteiger partial charge on any atom is -0.486 e. The van der Waals surface area contributed by atoms with E-state index in [4.69, 9.17) is 21.1 Å². The lowest BCUT2D eigenvalue weighted by Gasteiger charge is -2.34. The Kier molecular flexibility index (Phi) is 10.2. The van der Waals surface area contributed by atoms with E-state index in [9.17, 15) is 18.0 Å². The number of fused-ring (bicyclic) bond motifs is 1. The number of carbonyl (C=O) groups excluding carboxylic acids is 2. The van der Waals surface area contributed by atoms with Crippen molar-refractivity contribution in [3.63, 3.8) is 0 Å². The Bertz CT molecular complexity index is 1280. The fourth-order valence-corrected chi connectivity index (χ4v) is 6.34. The maximum Gasteiger partial charge on any atom is 0.244 e. The molecule has 0 spiro atoms. The highest BCUT2D eigenvalue weighted by molar-refractivity contribution is 7.92. The summed E-state index contributed by atoms with van der Waals surface area (Å²) in [6.45, 7) is 3.81. The van der Waals surface area contributed by atoms with Crippen LogP contribution in [0.5, 0.6) is 11.5 Å². The number of rotatable bonds is 11. The van der Waals surface area contributed by atoms with Crippen molar-refractivity contribution < 1.29 is 27.5 Å². The van der Waals surface area contributed by atoms with Gasteiger partial charge in [0.2, 0.25) is 21.8 Å². The van der Waals surface area contributed by atoms with Crippen LogP contribution < -0.4 is 19.1 Å². The highest BCUT2D eigenvalue weighted by atomic mass is 35.5. The summed E-state index contributed by atoms with van der Waals surface area (Å²) in [6, 6.07) is 11.2. The lowest BCUT2D eigenvalue weighted by atomic mass is 9.95. The van der Waals surface area contributed by atoms with E-state index >= 15 is 0 Å². The predicted molar refractivity (Wildman–Crippen MR) is 155 cm³/mol.